The molecule has 0 spiro atoms. The third-order valence-corrected chi connectivity index (χ3v) is 1.48. The van der Waals surface area contributed by atoms with Gasteiger partial charge in [0.1, 0.15) is 0 Å². The zero-order valence-corrected chi connectivity index (χ0v) is 6.10. The van der Waals surface area contributed by atoms with Crippen LogP contribution in [0, 0.1) is 12.3 Å². The molecule has 1 aromatic rings. The average molecular weight is 150 g/mol. The van der Waals surface area contributed by atoms with Crippen molar-refractivity contribution < 1.29 is 0 Å². The third-order valence-electron chi connectivity index (χ3n) is 1.12. The Bertz CT molecular complexity index is 288. The summed E-state index contributed by atoms with van der Waals surface area (Å²) in [4.78, 5) is 4.44. The van der Waals surface area contributed by atoms with Crippen LogP contribution in [0.5, 0.6) is 0 Å². The first-order valence-electron chi connectivity index (χ1n) is 2.64. The summed E-state index contributed by atoms with van der Waals surface area (Å²) in [5.41, 5.74) is 6.64. The number of rotatable bonds is 0. The van der Waals surface area contributed by atoms with Crippen LogP contribution in [0.3, 0.4) is 0 Å². The van der Waals surface area contributed by atoms with Gasteiger partial charge in [-0.05, 0) is 0 Å². The molecule has 0 amide bonds. The van der Waals surface area contributed by atoms with E-state index in [2.05, 4.69) is 23.5 Å². The molecule has 0 unspecified atom stereocenters. The zero-order valence-electron chi connectivity index (χ0n) is 5.20. The summed E-state index contributed by atoms with van der Waals surface area (Å²) in [7, 11) is 0. The lowest BCUT2D eigenvalue weighted by Gasteiger charge is -1.98. The average Bonchev–Trinajstić information content (AvgIpc) is 1.95. The number of terminal acetylenes is 1. The smallest absolute Gasteiger partial charge is 0.0666 e. The minimum atomic E-state index is 0.515. The molecule has 0 fully saturated rings. The van der Waals surface area contributed by atoms with E-state index in [-0.39, 0.29) is 0 Å². The maximum absolute atomic E-state index is 5.53. The summed E-state index contributed by atoms with van der Waals surface area (Å²) in [6.45, 7) is 0. The van der Waals surface area contributed by atoms with E-state index < -0.39 is 0 Å². The molecule has 1 aromatic heterocycles. The number of hydrogen-bond donors (Lipinski definition) is 2. The Labute approximate surface area is 64.9 Å². The van der Waals surface area contributed by atoms with Crippen molar-refractivity contribution in [1.82, 2.24) is 4.98 Å². The van der Waals surface area contributed by atoms with Crippen LogP contribution in [0.4, 0.5) is 5.69 Å². The summed E-state index contributed by atoms with van der Waals surface area (Å²) in [5, 5.41) is 0. The first-order valence-corrected chi connectivity index (χ1v) is 3.09. The van der Waals surface area contributed by atoms with Gasteiger partial charge in [0, 0.05) is 17.3 Å². The number of nitrogens with two attached hydrogens (primary N) is 1. The molecule has 0 saturated carbocycles. The lowest BCUT2D eigenvalue weighted by Crippen LogP contribution is -1.92. The van der Waals surface area contributed by atoms with Crippen molar-refractivity contribution in [2.75, 3.05) is 5.73 Å². The molecule has 0 aliphatic heterocycles. The van der Waals surface area contributed by atoms with Crippen molar-refractivity contribution in [2.24, 2.45) is 0 Å². The zero-order chi connectivity index (χ0) is 7.56. The fourth-order valence-corrected chi connectivity index (χ4v) is 0.762. The van der Waals surface area contributed by atoms with E-state index in [1.165, 1.54) is 6.20 Å². The van der Waals surface area contributed by atoms with E-state index >= 15 is 0 Å². The quantitative estimate of drug-likeness (QED) is 0.426. The molecule has 0 bridgehead atoms. The lowest BCUT2D eigenvalue weighted by molar-refractivity contribution is 1.24. The van der Waals surface area contributed by atoms with Crippen LogP contribution in [0.1, 0.15) is 5.56 Å². The number of nitrogens with zero attached hydrogens (tertiary/aromatic N) is 1. The molecule has 2 N–H and O–H groups in total. The highest BCUT2D eigenvalue weighted by Gasteiger charge is 1.97. The first-order chi connectivity index (χ1) is 4.75. The van der Waals surface area contributed by atoms with Crippen molar-refractivity contribution in [3.05, 3.63) is 18.0 Å². The standard InChI is InChI=1S/C7H6N2S/c1-2-5-3-9-4-6(10)7(5)8/h1,3-4,10H,(H2,8,9). The van der Waals surface area contributed by atoms with Crippen LogP contribution in [0.25, 0.3) is 0 Å². The summed E-state index contributed by atoms with van der Waals surface area (Å²) in [5.74, 6) is 2.40. The van der Waals surface area contributed by atoms with Gasteiger partial charge in [-0.25, -0.2) is 0 Å². The lowest BCUT2D eigenvalue weighted by atomic mass is 10.2. The van der Waals surface area contributed by atoms with Gasteiger partial charge >= 0.3 is 0 Å². The molecule has 0 atom stereocenters. The van der Waals surface area contributed by atoms with Gasteiger partial charge in [0.15, 0.2) is 0 Å². The highest BCUT2D eigenvalue weighted by Crippen LogP contribution is 2.17. The number of aromatic nitrogens is 1. The van der Waals surface area contributed by atoms with Crippen LogP contribution in [-0.2, 0) is 0 Å². The van der Waals surface area contributed by atoms with E-state index in [4.69, 9.17) is 12.2 Å². The van der Waals surface area contributed by atoms with Gasteiger partial charge in [-0.2, -0.15) is 0 Å². The number of nitrogen functional groups attached to an aromatic ring is 1. The molecule has 1 rings (SSSR count). The molecule has 0 radical (unpaired) electrons. The summed E-state index contributed by atoms with van der Waals surface area (Å²) in [6.07, 6.45) is 8.21. The van der Waals surface area contributed by atoms with Gasteiger partial charge in [0.2, 0.25) is 0 Å². The number of pyridine rings is 1. The number of hydrogen-bond acceptors (Lipinski definition) is 3. The van der Waals surface area contributed by atoms with E-state index in [1.807, 2.05) is 0 Å². The normalized spacial score (nSPS) is 8.80. The molecule has 0 aliphatic carbocycles. The number of thiol groups is 1. The molecule has 2 nitrogen and oxygen atoms in total. The second kappa shape index (κ2) is 2.63. The van der Waals surface area contributed by atoms with E-state index in [0.717, 1.165) is 0 Å². The molecule has 0 aliphatic rings. The molecule has 1 heterocycles. The fraction of sp³-hybridized carbons (Fsp3) is 0. The van der Waals surface area contributed by atoms with Crippen LogP contribution in [0.15, 0.2) is 17.3 Å². The monoisotopic (exact) mass is 150 g/mol. The summed E-state index contributed by atoms with van der Waals surface area (Å²) < 4.78 is 0. The van der Waals surface area contributed by atoms with E-state index in [9.17, 15) is 0 Å². The Morgan fingerprint density at radius 2 is 2.30 bits per heavy atom. The van der Waals surface area contributed by atoms with Crippen LogP contribution >= 0.6 is 12.6 Å². The third kappa shape index (κ3) is 1.07. The molecule has 0 aromatic carbocycles. The minimum Gasteiger partial charge on any atom is -0.397 e. The second-order valence-electron chi connectivity index (χ2n) is 1.76. The maximum Gasteiger partial charge on any atom is 0.0666 e. The van der Waals surface area contributed by atoms with Crippen molar-refractivity contribution in [2.45, 2.75) is 4.90 Å². The molecule has 50 valence electrons. The maximum atomic E-state index is 5.53. The Morgan fingerprint density at radius 1 is 1.60 bits per heavy atom. The van der Waals surface area contributed by atoms with Gasteiger partial charge in [0.25, 0.3) is 0 Å². The molecule has 3 heteroatoms. The number of anilines is 1. The summed E-state index contributed by atoms with van der Waals surface area (Å²) in [6, 6.07) is 0. The Balaban J connectivity index is 3.31. The molecular formula is C7H6N2S. The molecular weight excluding hydrogens is 144 g/mol. The van der Waals surface area contributed by atoms with E-state index in [0.29, 0.717) is 16.1 Å². The Hall–Kier alpha value is -1.14. The highest BCUT2D eigenvalue weighted by molar-refractivity contribution is 7.80. The molecule has 10 heavy (non-hydrogen) atoms. The van der Waals surface area contributed by atoms with Crippen molar-refractivity contribution in [3.63, 3.8) is 0 Å². The van der Waals surface area contributed by atoms with Gasteiger partial charge in [-0.15, -0.1) is 19.1 Å². The van der Waals surface area contributed by atoms with Crippen molar-refractivity contribution in [1.29, 1.82) is 0 Å². The first kappa shape index (κ1) is 6.97. The van der Waals surface area contributed by atoms with Crippen LogP contribution in [0.2, 0.25) is 0 Å². The predicted molar refractivity (Wildman–Crippen MR) is 43.8 cm³/mol. The second-order valence-corrected chi connectivity index (χ2v) is 2.25. The van der Waals surface area contributed by atoms with Crippen molar-refractivity contribution >= 4 is 18.3 Å². The van der Waals surface area contributed by atoms with Crippen molar-refractivity contribution in [3.8, 4) is 12.3 Å². The summed E-state index contributed by atoms with van der Waals surface area (Å²) >= 11 is 4.04. The minimum absolute atomic E-state index is 0.515. The predicted octanol–water partition coefficient (Wildman–Crippen LogP) is 0.934. The highest BCUT2D eigenvalue weighted by atomic mass is 32.1. The van der Waals surface area contributed by atoms with Gasteiger partial charge in [-0.1, -0.05) is 5.92 Å². The van der Waals surface area contributed by atoms with Gasteiger partial charge in [-0.3, -0.25) is 4.98 Å². The topological polar surface area (TPSA) is 38.9 Å². The van der Waals surface area contributed by atoms with Gasteiger partial charge in [0.05, 0.1) is 11.3 Å². The fourth-order valence-electron chi connectivity index (χ4n) is 0.574. The van der Waals surface area contributed by atoms with E-state index in [1.54, 1.807) is 6.20 Å². The van der Waals surface area contributed by atoms with Crippen LogP contribution in [-0.4, -0.2) is 4.98 Å². The SMILES string of the molecule is C#Cc1cncc(S)c1N. The van der Waals surface area contributed by atoms with Crippen LogP contribution < -0.4 is 5.73 Å². The Morgan fingerprint density at radius 3 is 2.80 bits per heavy atom. The largest absolute Gasteiger partial charge is 0.397 e. The Kier molecular flexibility index (Phi) is 1.83. The van der Waals surface area contributed by atoms with Gasteiger partial charge < -0.3 is 5.73 Å². The molecule has 0 saturated heterocycles.